The molecule has 6 nitrogen and oxygen atoms in total. The molecule has 0 saturated heterocycles. The quantitative estimate of drug-likeness (QED) is 0.401. The molecule has 0 spiro atoms. The molecule has 0 amide bonds. The van der Waals surface area contributed by atoms with Crippen LogP contribution in [0.3, 0.4) is 0 Å². The zero-order valence-corrected chi connectivity index (χ0v) is 17.0. The summed E-state index contributed by atoms with van der Waals surface area (Å²) in [6.07, 6.45) is -4.36. The van der Waals surface area contributed by atoms with Gasteiger partial charge in [-0.15, -0.1) is 0 Å². The predicted molar refractivity (Wildman–Crippen MR) is 108 cm³/mol. The Morgan fingerprint density at radius 3 is 2.20 bits per heavy atom. The second kappa shape index (κ2) is 11.6. The van der Waals surface area contributed by atoms with E-state index in [2.05, 4.69) is 10.3 Å². The minimum atomic E-state index is -4.36. The third kappa shape index (κ3) is 7.23. The van der Waals surface area contributed by atoms with Crippen molar-refractivity contribution >= 4 is 17.9 Å². The van der Waals surface area contributed by atoms with Crippen molar-refractivity contribution in [1.82, 2.24) is 0 Å². The number of rotatable bonds is 6. The van der Waals surface area contributed by atoms with E-state index in [1.165, 1.54) is 19.2 Å². The van der Waals surface area contributed by atoms with Crippen LogP contribution in [0.15, 0.2) is 52.8 Å². The normalized spacial score (nSPS) is 12.0. The minimum Gasteiger partial charge on any atom is -0.483 e. The van der Waals surface area contributed by atoms with Gasteiger partial charge in [-0.2, -0.15) is 13.2 Å². The lowest BCUT2D eigenvalue weighted by Crippen LogP contribution is -2.06. The molecule has 162 valence electrons. The second-order valence-corrected chi connectivity index (χ2v) is 6.09. The fraction of sp³-hybridized carbons (Fsp3) is 0.286. The van der Waals surface area contributed by atoms with Crippen molar-refractivity contribution in [3.05, 3.63) is 70.3 Å². The Labute approximate surface area is 172 Å². The van der Waals surface area contributed by atoms with Crippen molar-refractivity contribution < 1.29 is 32.7 Å². The molecule has 0 saturated carbocycles. The van der Waals surface area contributed by atoms with Crippen LogP contribution in [0.4, 0.5) is 13.2 Å². The van der Waals surface area contributed by atoms with Gasteiger partial charge in [0, 0.05) is 11.1 Å². The van der Waals surface area contributed by atoms with E-state index in [9.17, 15) is 13.2 Å². The first-order valence-electron chi connectivity index (χ1n) is 8.74. The number of aryl methyl sites for hydroxylation is 1. The zero-order chi connectivity index (χ0) is 22.7. The van der Waals surface area contributed by atoms with Crippen LogP contribution in [0.25, 0.3) is 0 Å². The van der Waals surface area contributed by atoms with Crippen LogP contribution in [-0.4, -0.2) is 30.1 Å². The number of carboxylic acid groups (broad SMARTS) is 1. The molecule has 0 heterocycles. The van der Waals surface area contributed by atoms with E-state index in [0.717, 1.165) is 28.8 Å². The summed E-state index contributed by atoms with van der Waals surface area (Å²) in [6, 6.07) is 10.6. The van der Waals surface area contributed by atoms with Crippen molar-refractivity contribution in [3.63, 3.8) is 0 Å². The summed E-state index contributed by atoms with van der Waals surface area (Å²) >= 11 is 0. The maximum Gasteiger partial charge on any atom is 0.416 e. The highest BCUT2D eigenvalue weighted by Crippen LogP contribution is 2.29. The molecule has 0 aromatic heterocycles. The van der Waals surface area contributed by atoms with Crippen LogP contribution in [0.5, 0.6) is 0 Å². The Bertz CT molecular complexity index is 892. The summed E-state index contributed by atoms with van der Waals surface area (Å²) in [5.74, 6) is 0. The van der Waals surface area contributed by atoms with Crippen molar-refractivity contribution in [2.75, 3.05) is 7.11 Å². The standard InChI is InChI=1S/C20H21F3N2O2.CH2O2/c1-13-6-5-7-18(15(3)24-26-4)19(13)12-27-25-14(2)16-8-10-17(11-9-16)20(21,22)23;2-1-3/h5-11H,12H2,1-4H3;1H,(H,2,3)/b24-15-,25-14+;. The minimum absolute atomic E-state index is 0.205. The van der Waals surface area contributed by atoms with Gasteiger partial charge in [0.1, 0.15) is 13.7 Å². The molecule has 30 heavy (non-hydrogen) atoms. The molecule has 2 rings (SSSR count). The molecule has 0 radical (unpaired) electrons. The molecular weight excluding hydrogens is 401 g/mol. The smallest absolute Gasteiger partial charge is 0.416 e. The third-order valence-electron chi connectivity index (χ3n) is 4.07. The molecule has 0 fully saturated rings. The van der Waals surface area contributed by atoms with E-state index in [1.807, 2.05) is 32.0 Å². The number of nitrogens with zero attached hydrogens (tertiary/aromatic N) is 2. The van der Waals surface area contributed by atoms with Crippen LogP contribution in [0, 0.1) is 6.92 Å². The molecule has 0 aliphatic rings. The summed E-state index contributed by atoms with van der Waals surface area (Å²) in [7, 11) is 1.48. The molecule has 2 aromatic carbocycles. The monoisotopic (exact) mass is 424 g/mol. The highest BCUT2D eigenvalue weighted by molar-refractivity contribution is 6.00. The maximum atomic E-state index is 12.6. The van der Waals surface area contributed by atoms with Gasteiger partial charge in [-0.25, -0.2) is 0 Å². The van der Waals surface area contributed by atoms with Crippen LogP contribution >= 0.6 is 0 Å². The number of hydrogen-bond acceptors (Lipinski definition) is 5. The predicted octanol–water partition coefficient (Wildman–Crippen LogP) is 5.03. The third-order valence-corrected chi connectivity index (χ3v) is 4.07. The fourth-order valence-electron chi connectivity index (χ4n) is 2.57. The molecule has 9 heteroatoms. The average molecular weight is 424 g/mol. The maximum absolute atomic E-state index is 12.6. The Hall–Kier alpha value is -3.36. The number of carbonyl (C=O) groups is 1. The zero-order valence-electron chi connectivity index (χ0n) is 17.0. The number of hydrogen-bond donors (Lipinski definition) is 1. The summed E-state index contributed by atoms with van der Waals surface area (Å²) in [4.78, 5) is 18.6. The molecule has 0 atom stereocenters. The lowest BCUT2D eigenvalue weighted by Gasteiger charge is -2.12. The first kappa shape index (κ1) is 24.7. The van der Waals surface area contributed by atoms with Crippen molar-refractivity contribution in [1.29, 1.82) is 0 Å². The fourth-order valence-corrected chi connectivity index (χ4v) is 2.57. The largest absolute Gasteiger partial charge is 0.483 e. The van der Waals surface area contributed by atoms with E-state index in [4.69, 9.17) is 19.6 Å². The van der Waals surface area contributed by atoms with E-state index in [0.29, 0.717) is 17.0 Å². The van der Waals surface area contributed by atoms with Gasteiger partial charge in [-0.05, 0) is 44.0 Å². The van der Waals surface area contributed by atoms with E-state index in [-0.39, 0.29) is 13.1 Å². The Morgan fingerprint density at radius 1 is 1.07 bits per heavy atom. The number of oxime groups is 2. The second-order valence-electron chi connectivity index (χ2n) is 6.09. The molecule has 0 aliphatic heterocycles. The molecule has 2 aromatic rings. The summed E-state index contributed by atoms with van der Waals surface area (Å²) < 4.78 is 37.9. The average Bonchev–Trinajstić information content (AvgIpc) is 2.69. The van der Waals surface area contributed by atoms with Gasteiger partial charge in [0.05, 0.1) is 17.0 Å². The molecule has 0 aliphatic carbocycles. The molecular formula is C21H23F3N2O4. The number of alkyl halides is 3. The Balaban J connectivity index is 0.00000141. The van der Waals surface area contributed by atoms with Gasteiger partial charge in [0.25, 0.3) is 6.47 Å². The van der Waals surface area contributed by atoms with Crippen LogP contribution in [-0.2, 0) is 27.3 Å². The highest BCUT2D eigenvalue weighted by atomic mass is 19.4. The van der Waals surface area contributed by atoms with Crippen molar-refractivity contribution in [2.45, 2.75) is 33.6 Å². The van der Waals surface area contributed by atoms with Crippen molar-refractivity contribution in [3.8, 4) is 0 Å². The van der Waals surface area contributed by atoms with Gasteiger partial charge in [-0.3, -0.25) is 4.79 Å². The van der Waals surface area contributed by atoms with E-state index >= 15 is 0 Å². The van der Waals surface area contributed by atoms with E-state index < -0.39 is 11.7 Å². The first-order chi connectivity index (χ1) is 14.1. The van der Waals surface area contributed by atoms with Crippen molar-refractivity contribution in [2.24, 2.45) is 10.3 Å². The molecule has 0 unspecified atom stereocenters. The summed E-state index contributed by atoms with van der Waals surface area (Å²) in [5.41, 5.74) is 3.88. The van der Waals surface area contributed by atoms with Crippen LogP contribution < -0.4 is 0 Å². The summed E-state index contributed by atoms with van der Waals surface area (Å²) in [6.45, 7) is 5.42. The molecule has 1 N–H and O–H groups in total. The highest BCUT2D eigenvalue weighted by Gasteiger charge is 2.30. The lowest BCUT2D eigenvalue weighted by molar-refractivity contribution is -0.137. The van der Waals surface area contributed by atoms with Crippen LogP contribution in [0.1, 0.15) is 41.7 Å². The van der Waals surface area contributed by atoms with Crippen LogP contribution in [0.2, 0.25) is 0 Å². The van der Waals surface area contributed by atoms with Gasteiger partial charge in [-0.1, -0.05) is 40.6 Å². The Morgan fingerprint density at radius 2 is 1.67 bits per heavy atom. The number of benzene rings is 2. The SMILES string of the molecule is CO/N=C(/C)c1cccc(C)c1CO/N=C(\C)c1ccc(C(F)(F)F)cc1.O=CO. The number of halogens is 3. The van der Waals surface area contributed by atoms with E-state index in [1.54, 1.807) is 6.92 Å². The molecule has 0 bridgehead atoms. The topological polar surface area (TPSA) is 80.5 Å². The van der Waals surface area contributed by atoms with Gasteiger partial charge >= 0.3 is 6.18 Å². The van der Waals surface area contributed by atoms with Gasteiger partial charge in [0.2, 0.25) is 0 Å². The Kier molecular flexibility index (Phi) is 9.54. The van der Waals surface area contributed by atoms with Gasteiger partial charge in [0.15, 0.2) is 0 Å². The van der Waals surface area contributed by atoms with Gasteiger partial charge < -0.3 is 14.8 Å². The lowest BCUT2D eigenvalue weighted by atomic mass is 10.00. The first-order valence-corrected chi connectivity index (χ1v) is 8.74. The summed E-state index contributed by atoms with van der Waals surface area (Å²) in [5, 5.41) is 14.9.